The lowest BCUT2D eigenvalue weighted by Gasteiger charge is -2.37. The van der Waals surface area contributed by atoms with Crippen molar-refractivity contribution in [1.29, 1.82) is 0 Å². The van der Waals surface area contributed by atoms with E-state index in [0.717, 1.165) is 55.6 Å². The second kappa shape index (κ2) is 11.2. The average molecular weight is 441 g/mol. The zero-order valence-electron chi connectivity index (χ0n) is 18.5. The van der Waals surface area contributed by atoms with Gasteiger partial charge in [-0.25, -0.2) is 0 Å². The van der Waals surface area contributed by atoms with Crippen LogP contribution in [-0.2, 0) is 4.79 Å². The monoisotopic (exact) mass is 440 g/mol. The van der Waals surface area contributed by atoms with E-state index >= 15 is 0 Å². The molecule has 1 aromatic carbocycles. The van der Waals surface area contributed by atoms with Crippen molar-refractivity contribution in [1.82, 2.24) is 0 Å². The number of rotatable bonds is 8. The summed E-state index contributed by atoms with van der Waals surface area (Å²) < 4.78 is 45.9. The minimum absolute atomic E-state index is 0.118. The smallest absolute Gasteiger partial charge is 0.426 e. The summed E-state index contributed by atoms with van der Waals surface area (Å²) in [6, 6.07) is 4.99. The maximum absolute atomic E-state index is 12.5. The molecule has 1 aromatic rings. The highest BCUT2D eigenvalue weighted by Gasteiger charge is 2.34. The highest BCUT2D eigenvalue weighted by Crippen LogP contribution is 2.42. The van der Waals surface area contributed by atoms with Gasteiger partial charge in [-0.1, -0.05) is 45.4 Å². The molecule has 0 N–H and O–H groups in total. The van der Waals surface area contributed by atoms with Crippen molar-refractivity contribution in [3.63, 3.8) is 0 Å². The zero-order valence-corrected chi connectivity index (χ0v) is 18.5. The summed E-state index contributed by atoms with van der Waals surface area (Å²) in [5.74, 6) is 1.98. The summed E-state index contributed by atoms with van der Waals surface area (Å²) in [6.07, 6.45) is 9.91. The minimum atomic E-state index is -4.73. The first-order valence-electron chi connectivity index (χ1n) is 11.9. The fourth-order valence-electron chi connectivity index (χ4n) is 5.37. The summed E-state index contributed by atoms with van der Waals surface area (Å²) in [7, 11) is 0. The van der Waals surface area contributed by atoms with Gasteiger partial charge >= 0.3 is 12.3 Å². The quantitative estimate of drug-likeness (QED) is 0.236. The van der Waals surface area contributed by atoms with Gasteiger partial charge in [0.1, 0.15) is 11.5 Å². The molecule has 0 aliphatic heterocycles. The zero-order chi connectivity index (χ0) is 22.3. The molecule has 0 amide bonds. The van der Waals surface area contributed by atoms with Gasteiger partial charge in [0.05, 0.1) is 5.92 Å². The van der Waals surface area contributed by atoms with Crippen LogP contribution < -0.4 is 9.47 Å². The molecule has 2 fully saturated rings. The van der Waals surface area contributed by atoms with Crippen molar-refractivity contribution in [2.75, 3.05) is 0 Å². The number of alkyl halides is 3. The summed E-state index contributed by atoms with van der Waals surface area (Å²) in [5, 5.41) is 0. The fraction of sp³-hybridized carbons (Fsp3) is 0.720. The molecule has 0 heterocycles. The van der Waals surface area contributed by atoms with Crippen LogP contribution in [0.15, 0.2) is 24.3 Å². The third-order valence-corrected chi connectivity index (χ3v) is 7.15. The van der Waals surface area contributed by atoms with Gasteiger partial charge < -0.3 is 9.47 Å². The first-order chi connectivity index (χ1) is 14.8. The maximum Gasteiger partial charge on any atom is 0.573 e. The molecule has 0 aromatic heterocycles. The van der Waals surface area contributed by atoms with Crippen molar-refractivity contribution in [2.45, 2.75) is 90.3 Å². The molecule has 3 nitrogen and oxygen atoms in total. The highest BCUT2D eigenvalue weighted by molar-refractivity contribution is 5.75. The SMILES string of the molecule is CCCCC[C@H]1CC[C@H](C2CCC(C(=O)Oc3ccc(OC(F)(F)F)cc3)CC2)CC1. The number of carbonyl (C=O) groups is 1. The number of unbranched alkanes of at least 4 members (excludes halogenated alkanes) is 2. The number of halogens is 3. The van der Waals surface area contributed by atoms with Crippen molar-refractivity contribution in [2.24, 2.45) is 23.7 Å². The molecular weight excluding hydrogens is 405 g/mol. The van der Waals surface area contributed by atoms with Crippen LogP contribution in [0.5, 0.6) is 11.5 Å². The van der Waals surface area contributed by atoms with Crippen molar-refractivity contribution < 1.29 is 27.4 Å². The molecule has 174 valence electrons. The molecule has 0 unspecified atom stereocenters. The Labute approximate surface area is 183 Å². The topological polar surface area (TPSA) is 35.5 Å². The summed E-state index contributed by atoms with van der Waals surface area (Å²) in [6.45, 7) is 2.26. The molecule has 3 rings (SSSR count). The van der Waals surface area contributed by atoms with E-state index in [1.807, 2.05) is 0 Å². The standard InChI is InChI=1S/C25H35F3O3/c1-2-3-4-5-18-6-8-19(9-7-18)20-10-12-21(13-11-20)24(29)30-22-14-16-23(17-15-22)31-25(26,27)28/h14-21H,2-13H2,1H3/t18-,19-,20?,21?. The average Bonchev–Trinajstić information content (AvgIpc) is 2.75. The lowest BCUT2D eigenvalue weighted by Crippen LogP contribution is -2.30. The van der Waals surface area contributed by atoms with Crippen LogP contribution in [0.1, 0.15) is 84.0 Å². The Morgan fingerprint density at radius 1 is 0.871 bits per heavy atom. The summed E-state index contributed by atoms with van der Waals surface area (Å²) in [5.41, 5.74) is 0. The van der Waals surface area contributed by atoms with Gasteiger partial charge in [0, 0.05) is 0 Å². The van der Waals surface area contributed by atoms with Crippen molar-refractivity contribution >= 4 is 5.97 Å². The number of carbonyl (C=O) groups excluding carboxylic acids is 1. The van der Waals surface area contributed by atoms with Crippen LogP contribution >= 0.6 is 0 Å². The van der Waals surface area contributed by atoms with Gasteiger partial charge in [0.25, 0.3) is 0 Å². The molecule has 0 spiro atoms. The largest absolute Gasteiger partial charge is 0.573 e. The lowest BCUT2D eigenvalue weighted by molar-refractivity contribution is -0.274. The fourth-order valence-corrected chi connectivity index (χ4v) is 5.37. The van der Waals surface area contributed by atoms with E-state index in [2.05, 4.69) is 11.7 Å². The van der Waals surface area contributed by atoms with Gasteiger partial charge in [0.2, 0.25) is 0 Å². The van der Waals surface area contributed by atoms with Crippen LogP contribution in [0.3, 0.4) is 0 Å². The Bertz CT molecular complexity index is 670. The second-order valence-corrected chi connectivity index (χ2v) is 9.33. The van der Waals surface area contributed by atoms with E-state index in [9.17, 15) is 18.0 Å². The Kier molecular flexibility index (Phi) is 8.67. The Morgan fingerprint density at radius 3 is 1.97 bits per heavy atom. The van der Waals surface area contributed by atoms with Gasteiger partial charge in [-0.05, 0) is 80.5 Å². The van der Waals surface area contributed by atoms with Crippen molar-refractivity contribution in [3.8, 4) is 11.5 Å². The second-order valence-electron chi connectivity index (χ2n) is 9.33. The number of hydrogen-bond acceptors (Lipinski definition) is 3. The van der Waals surface area contributed by atoms with Crippen molar-refractivity contribution in [3.05, 3.63) is 24.3 Å². The van der Waals surface area contributed by atoms with Gasteiger partial charge in [-0.3, -0.25) is 4.79 Å². The van der Waals surface area contributed by atoms with E-state index in [0.29, 0.717) is 0 Å². The molecule has 31 heavy (non-hydrogen) atoms. The Hall–Kier alpha value is -1.72. The molecule has 2 saturated carbocycles. The molecule has 0 radical (unpaired) electrons. The lowest BCUT2D eigenvalue weighted by atomic mass is 9.68. The predicted octanol–water partition coefficient (Wildman–Crippen LogP) is 7.68. The number of benzene rings is 1. The van der Waals surface area contributed by atoms with Gasteiger partial charge in [-0.15, -0.1) is 13.2 Å². The van der Waals surface area contributed by atoms with E-state index in [-0.39, 0.29) is 23.4 Å². The van der Waals surface area contributed by atoms with E-state index in [1.54, 1.807) is 0 Å². The molecule has 0 atom stereocenters. The van der Waals surface area contributed by atoms with E-state index in [4.69, 9.17) is 4.74 Å². The first-order valence-corrected chi connectivity index (χ1v) is 11.9. The normalized spacial score (nSPS) is 27.0. The summed E-state index contributed by atoms with van der Waals surface area (Å²) in [4.78, 5) is 12.5. The van der Waals surface area contributed by atoms with E-state index in [1.165, 1.54) is 63.5 Å². The van der Waals surface area contributed by atoms with Crippen LogP contribution in [0.2, 0.25) is 0 Å². The molecule has 6 heteroatoms. The van der Waals surface area contributed by atoms with Crippen LogP contribution in [0, 0.1) is 23.7 Å². The number of ether oxygens (including phenoxy) is 2. The molecule has 2 aliphatic rings. The van der Waals surface area contributed by atoms with Crippen LogP contribution in [0.25, 0.3) is 0 Å². The van der Waals surface area contributed by atoms with E-state index < -0.39 is 6.36 Å². The molecule has 0 bridgehead atoms. The molecule has 2 aliphatic carbocycles. The van der Waals surface area contributed by atoms with Crippen LogP contribution in [0.4, 0.5) is 13.2 Å². The highest BCUT2D eigenvalue weighted by atomic mass is 19.4. The van der Waals surface area contributed by atoms with Crippen LogP contribution in [-0.4, -0.2) is 12.3 Å². The van der Waals surface area contributed by atoms with Gasteiger partial charge in [-0.2, -0.15) is 0 Å². The Morgan fingerprint density at radius 2 is 1.42 bits per heavy atom. The first kappa shape index (κ1) is 23.9. The number of hydrogen-bond donors (Lipinski definition) is 0. The maximum atomic E-state index is 12.5. The molecule has 0 saturated heterocycles. The molecular formula is C25H35F3O3. The minimum Gasteiger partial charge on any atom is -0.426 e. The predicted molar refractivity (Wildman–Crippen MR) is 114 cm³/mol. The Balaban J connectivity index is 1.38. The third kappa shape index (κ3) is 7.73. The third-order valence-electron chi connectivity index (χ3n) is 7.15. The summed E-state index contributed by atoms with van der Waals surface area (Å²) >= 11 is 0. The number of esters is 1. The van der Waals surface area contributed by atoms with Gasteiger partial charge in [0.15, 0.2) is 0 Å².